The summed E-state index contributed by atoms with van der Waals surface area (Å²) in [5.41, 5.74) is 0.528. The minimum absolute atomic E-state index is 0.0357. The van der Waals surface area contributed by atoms with Crippen molar-refractivity contribution in [2.45, 2.75) is 89.9 Å². The van der Waals surface area contributed by atoms with Gasteiger partial charge in [-0.3, -0.25) is 14.4 Å². The number of aryl methyl sites for hydroxylation is 1. The van der Waals surface area contributed by atoms with Crippen LogP contribution in [0.3, 0.4) is 0 Å². The van der Waals surface area contributed by atoms with Crippen LogP contribution in [-0.4, -0.2) is 88.7 Å². The molecule has 2 saturated heterocycles. The quantitative estimate of drug-likeness (QED) is 0.631. The molecule has 0 spiro atoms. The second-order valence-corrected chi connectivity index (χ2v) is 12.7. The highest BCUT2D eigenvalue weighted by atomic mass is 32.1. The molecule has 1 saturated carbocycles. The van der Waals surface area contributed by atoms with E-state index in [1.807, 2.05) is 38.7 Å². The summed E-state index contributed by atoms with van der Waals surface area (Å²) in [5, 5.41) is 9.18. The number of carbonyl (C=O) groups excluding carboxylic acids is 2. The molecule has 2 aromatic heterocycles. The molecule has 5 rings (SSSR count). The van der Waals surface area contributed by atoms with E-state index >= 15 is 0 Å². The van der Waals surface area contributed by atoms with Crippen molar-refractivity contribution in [1.82, 2.24) is 24.9 Å². The van der Waals surface area contributed by atoms with Gasteiger partial charge in [0.15, 0.2) is 0 Å². The summed E-state index contributed by atoms with van der Waals surface area (Å²) in [6.07, 6.45) is 5.84. The molecule has 204 valence electrons. The van der Waals surface area contributed by atoms with Crippen molar-refractivity contribution in [3.63, 3.8) is 0 Å². The molecular weight excluding hydrogens is 490 g/mol. The molecule has 0 bridgehead atoms. The monoisotopic (exact) mass is 531 g/mol. The summed E-state index contributed by atoms with van der Waals surface area (Å²) in [4.78, 5) is 31.7. The number of hydrogen-bond donors (Lipinski definition) is 1. The van der Waals surface area contributed by atoms with Crippen LogP contribution in [0.1, 0.15) is 80.7 Å². The Morgan fingerprint density at radius 1 is 1.03 bits per heavy atom. The van der Waals surface area contributed by atoms with Gasteiger partial charge in [0.05, 0.1) is 16.6 Å². The number of rotatable bonds is 4. The van der Waals surface area contributed by atoms with Gasteiger partial charge in [-0.05, 0) is 72.3 Å². The van der Waals surface area contributed by atoms with Crippen LogP contribution in [0.2, 0.25) is 0 Å². The lowest BCUT2D eigenvalue weighted by atomic mass is 9.89. The SMILES string of the molecule is Cc1nn(C2CCOCC2)c2sc(C(=O)NC3CCC(N4CCN(C(=O)OC(C)(C)C)CC4)CC3)cc12. The van der Waals surface area contributed by atoms with Crippen molar-refractivity contribution in [2.24, 2.45) is 0 Å². The number of hydrogen-bond acceptors (Lipinski definition) is 7. The van der Waals surface area contributed by atoms with Crippen LogP contribution in [-0.2, 0) is 9.47 Å². The van der Waals surface area contributed by atoms with E-state index < -0.39 is 5.60 Å². The van der Waals surface area contributed by atoms with Gasteiger partial charge >= 0.3 is 6.09 Å². The summed E-state index contributed by atoms with van der Waals surface area (Å²) >= 11 is 1.56. The number of piperazine rings is 1. The Bertz CT molecular complexity index is 1100. The first-order chi connectivity index (χ1) is 17.7. The van der Waals surface area contributed by atoms with E-state index in [0.29, 0.717) is 25.2 Å². The summed E-state index contributed by atoms with van der Waals surface area (Å²) in [6, 6.07) is 3.10. The minimum Gasteiger partial charge on any atom is -0.444 e. The third kappa shape index (κ3) is 6.12. The summed E-state index contributed by atoms with van der Waals surface area (Å²) in [6.45, 7) is 12.5. The van der Waals surface area contributed by atoms with Crippen LogP contribution in [0.25, 0.3) is 10.2 Å². The van der Waals surface area contributed by atoms with Crippen LogP contribution < -0.4 is 5.32 Å². The van der Waals surface area contributed by atoms with Gasteiger partial charge in [0.25, 0.3) is 5.91 Å². The maximum atomic E-state index is 13.2. The number of carbonyl (C=O) groups is 2. The topological polar surface area (TPSA) is 88.9 Å². The molecule has 9 nitrogen and oxygen atoms in total. The zero-order valence-corrected chi connectivity index (χ0v) is 23.4. The minimum atomic E-state index is -0.461. The Morgan fingerprint density at radius 3 is 2.35 bits per heavy atom. The molecule has 2 amide bonds. The van der Waals surface area contributed by atoms with Gasteiger partial charge < -0.3 is 19.7 Å². The van der Waals surface area contributed by atoms with Crippen molar-refractivity contribution < 1.29 is 19.1 Å². The average Bonchev–Trinajstić information content (AvgIpc) is 3.45. The van der Waals surface area contributed by atoms with Gasteiger partial charge in [0.1, 0.15) is 10.4 Å². The molecule has 0 unspecified atom stereocenters. The molecule has 0 radical (unpaired) electrons. The first-order valence-corrected chi connectivity index (χ1v) is 14.6. The van der Waals surface area contributed by atoms with E-state index in [0.717, 1.165) is 85.6 Å². The van der Waals surface area contributed by atoms with Crippen molar-refractivity contribution in [2.75, 3.05) is 39.4 Å². The highest BCUT2D eigenvalue weighted by Gasteiger charge is 2.32. The molecule has 0 atom stereocenters. The molecule has 37 heavy (non-hydrogen) atoms. The number of thiophene rings is 1. The van der Waals surface area contributed by atoms with Crippen LogP contribution in [0.4, 0.5) is 4.79 Å². The van der Waals surface area contributed by atoms with Crippen molar-refractivity contribution in [3.05, 3.63) is 16.6 Å². The Hall–Kier alpha value is -2.17. The fraction of sp³-hybridized carbons (Fsp3) is 0.741. The van der Waals surface area contributed by atoms with E-state index in [-0.39, 0.29) is 18.0 Å². The molecule has 2 aliphatic heterocycles. The van der Waals surface area contributed by atoms with E-state index in [4.69, 9.17) is 14.6 Å². The highest BCUT2D eigenvalue weighted by molar-refractivity contribution is 7.20. The maximum Gasteiger partial charge on any atom is 0.410 e. The number of amides is 2. The van der Waals surface area contributed by atoms with Crippen molar-refractivity contribution in [3.8, 4) is 0 Å². The van der Waals surface area contributed by atoms with E-state index in [1.165, 1.54) is 0 Å². The number of nitrogens with one attached hydrogen (secondary N) is 1. The molecule has 1 N–H and O–H groups in total. The smallest absolute Gasteiger partial charge is 0.410 e. The predicted octanol–water partition coefficient (Wildman–Crippen LogP) is 4.35. The Morgan fingerprint density at radius 2 is 1.70 bits per heavy atom. The lowest BCUT2D eigenvalue weighted by Gasteiger charge is -2.42. The van der Waals surface area contributed by atoms with Gasteiger partial charge in [-0.2, -0.15) is 5.10 Å². The number of aromatic nitrogens is 2. The third-order valence-corrected chi connectivity index (χ3v) is 8.97. The molecule has 10 heteroatoms. The van der Waals surface area contributed by atoms with E-state index in [1.54, 1.807) is 11.3 Å². The van der Waals surface area contributed by atoms with E-state index in [2.05, 4.69) is 14.9 Å². The normalized spacial score (nSPS) is 24.4. The zero-order valence-electron chi connectivity index (χ0n) is 22.6. The van der Waals surface area contributed by atoms with Crippen LogP contribution in [0, 0.1) is 6.92 Å². The van der Waals surface area contributed by atoms with Gasteiger partial charge in [-0.15, -0.1) is 11.3 Å². The molecule has 2 aromatic rings. The first-order valence-electron chi connectivity index (χ1n) is 13.8. The van der Waals surface area contributed by atoms with E-state index in [9.17, 15) is 9.59 Å². The molecule has 0 aromatic carbocycles. The number of fused-ring (bicyclic) bond motifs is 1. The highest BCUT2D eigenvalue weighted by Crippen LogP contribution is 2.33. The fourth-order valence-corrected chi connectivity index (χ4v) is 6.94. The second kappa shape index (κ2) is 10.9. The molecule has 3 fully saturated rings. The summed E-state index contributed by atoms with van der Waals surface area (Å²) in [5.74, 6) is 0.0357. The number of nitrogens with zero attached hydrogens (tertiary/aromatic N) is 4. The lowest BCUT2D eigenvalue weighted by Crippen LogP contribution is -2.54. The predicted molar refractivity (Wildman–Crippen MR) is 144 cm³/mol. The van der Waals surface area contributed by atoms with Gasteiger partial charge in [-0.1, -0.05) is 0 Å². The van der Waals surface area contributed by atoms with Crippen molar-refractivity contribution in [1.29, 1.82) is 0 Å². The van der Waals surface area contributed by atoms with Crippen LogP contribution in [0.15, 0.2) is 6.07 Å². The maximum absolute atomic E-state index is 13.2. The summed E-state index contributed by atoms with van der Waals surface area (Å²) in [7, 11) is 0. The molecule has 3 aliphatic rings. The average molecular weight is 532 g/mol. The van der Waals surface area contributed by atoms with Crippen LogP contribution in [0.5, 0.6) is 0 Å². The Kier molecular flexibility index (Phi) is 7.79. The Balaban J connectivity index is 1.11. The standard InChI is InChI=1S/C27H41N5O4S/c1-18-22-17-23(37-25(22)32(29-18)21-9-15-35-16-10-21)24(33)28-19-5-7-20(8-6-19)30-11-13-31(14-12-30)26(34)36-27(2,3)4/h17,19-21H,5-16H2,1-4H3,(H,28,33). The summed E-state index contributed by atoms with van der Waals surface area (Å²) < 4.78 is 13.2. The molecule has 1 aliphatic carbocycles. The Labute approximate surface area is 223 Å². The van der Waals surface area contributed by atoms with Gasteiger partial charge in [0, 0.05) is 56.9 Å². The third-order valence-electron chi connectivity index (χ3n) is 7.84. The number of ether oxygens (including phenoxy) is 2. The van der Waals surface area contributed by atoms with Crippen molar-refractivity contribution >= 4 is 33.6 Å². The largest absolute Gasteiger partial charge is 0.444 e. The lowest BCUT2D eigenvalue weighted by molar-refractivity contribution is 0.00775. The van der Waals surface area contributed by atoms with Crippen LogP contribution >= 0.6 is 11.3 Å². The second-order valence-electron chi connectivity index (χ2n) is 11.7. The van der Waals surface area contributed by atoms with Gasteiger partial charge in [-0.25, -0.2) is 4.79 Å². The zero-order chi connectivity index (χ0) is 26.2. The first kappa shape index (κ1) is 26.4. The molecule has 4 heterocycles. The molecular formula is C27H41N5O4S. The fourth-order valence-electron chi connectivity index (χ4n) is 5.80. The van der Waals surface area contributed by atoms with Gasteiger partial charge in [0.2, 0.25) is 0 Å².